The summed E-state index contributed by atoms with van der Waals surface area (Å²) in [5.41, 5.74) is 1.79. The number of hydrogen-bond donors (Lipinski definition) is 0. The molecule has 3 aromatic rings. The molecule has 90 valence electrons. The molecule has 0 aliphatic carbocycles. The van der Waals surface area contributed by atoms with Crippen molar-refractivity contribution < 1.29 is 0 Å². The van der Waals surface area contributed by atoms with Crippen molar-refractivity contribution >= 4 is 10.9 Å². The van der Waals surface area contributed by atoms with Crippen LogP contribution in [-0.4, -0.2) is 19.6 Å². The van der Waals surface area contributed by atoms with Crippen molar-refractivity contribution in [1.82, 2.24) is 19.6 Å². The minimum atomic E-state index is -0.119. The zero-order valence-corrected chi connectivity index (χ0v) is 9.95. The predicted molar refractivity (Wildman–Crippen MR) is 68.3 cm³/mol. The average Bonchev–Trinajstić information content (AvgIpc) is 2.79. The van der Waals surface area contributed by atoms with Gasteiger partial charge < -0.3 is 0 Å². The Bertz CT molecular complexity index is 743. The molecule has 18 heavy (non-hydrogen) atoms. The number of hydrogen-bond acceptors (Lipinski definition) is 3. The van der Waals surface area contributed by atoms with Crippen molar-refractivity contribution in [3.05, 3.63) is 58.6 Å². The number of fused-ring (bicyclic) bond motifs is 1. The summed E-state index contributed by atoms with van der Waals surface area (Å²) < 4.78 is 3.11. The summed E-state index contributed by atoms with van der Waals surface area (Å²) in [5.74, 6) is 0. The van der Waals surface area contributed by atoms with E-state index in [4.69, 9.17) is 0 Å². The number of aromatic nitrogens is 4. The van der Waals surface area contributed by atoms with Crippen LogP contribution in [0.3, 0.4) is 0 Å². The first-order valence-electron chi connectivity index (χ1n) is 5.67. The van der Waals surface area contributed by atoms with Crippen molar-refractivity contribution in [2.75, 3.05) is 0 Å². The summed E-state index contributed by atoms with van der Waals surface area (Å²) in [6, 6.07) is 10.0. The van der Waals surface area contributed by atoms with Crippen molar-refractivity contribution in [2.45, 2.75) is 6.54 Å². The third-order valence-corrected chi connectivity index (χ3v) is 2.93. The van der Waals surface area contributed by atoms with Gasteiger partial charge in [-0.3, -0.25) is 9.48 Å². The van der Waals surface area contributed by atoms with Crippen LogP contribution in [0.2, 0.25) is 0 Å². The van der Waals surface area contributed by atoms with Gasteiger partial charge in [0.1, 0.15) is 0 Å². The molecule has 0 N–H and O–H groups in total. The van der Waals surface area contributed by atoms with Crippen LogP contribution in [0.15, 0.2) is 47.5 Å². The van der Waals surface area contributed by atoms with E-state index in [9.17, 15) is 4.79 Å². The van der Waals surface area contributed by atoms with E-state index in [1.807, 2.05) is 30.3 Å². The standard InChI is InChI=1S/C13H12N4O/c1-16-13(18)11-7-15-17(12(11)8-14-16)9-10-5-3-2-4-6-10/h2-8H,9H2,1H3. The van der Waals surface area contributed by atoms with Crippen molar-refractivity contribution in [1.29, 1.82) is 0 Å². The Balaban J connectivity index is 2.09. The molecule has 0 unspecified atom stereocenters. The van der Waals surface area contributed by atoms with Gasteiger partial charge in [-0.1, -0.05) is 30.3 Å². The molecule has 2 heterocycles. The molecule has 0 aliphatic heterocycles. The molecule has 0 bridgehead atoms. The summed E-state index contributed by atoms with van der Waals surface area (Å²) in [6.07, 6.45) is 3.27. The smallest absolute Gasteiger partial charge is 0.267 e. The second-order valence-electron chi connectivity index (χ2n) is 4.16. The second-order valence-corrected chi connectivity index (χ2v) is 4.16. The molecule has 5 heteroatoms. The third-order valence-electron chi connectivity index (χ3n) is 2.93. The van der Waals surface area contributed by atoms with Crippen LogP contribution >= 0.6 is 0 Å². The first kappa shape index (κ1) is 10.7. The molecule has 0 amide bonds. The molecule has 0 saturated heterocycles. The van der Waals surface area contributed by atoms with Crippen LogP contribution in [0.5, 0.6) is 0 Å². The summed E-state index contributed by atoms with van der Waals surface area (Å²) in [5, 5.41) is 8.88. The maximum Gasteiger partial charge on any atom is 0.277 e. The molecule has 0 saturated carbocycles. The van der Waals surface area contributed by atoms with Gasteiger partial charge >= 0.3 is 0 Å². The third kappa shape index (κ3) is 1.69. The maximum atomic E-state index is 11.8. The van der Waals surface area contributed by atoms with Gasteiger partial charge in [-0.2, -0.15) is 10.2 Å². The quantitative estimate of drug-likeness (QED) is 0.676. The lowest BCUT2D eigenvalue weighted by molar-refractivity contribution is 0.694. The van der Waals surface area contributed by atoms with E-state index < -0.39 is 0 Å². The zero-order chi connectivity index (χ0) is 12.5. The normalized spacial score (nSPS) is 10.9. The van der Waals surface area contributed by atoms with Gasteiger partial charge in [-0.05, 0) is 5.56 Å². The fourth-order valence-electron chi connectivity index (χ4n) is 1.95. The fraction of sp³-hybridized carbons (Fsp3) is 0.154. The Kier molecular flexibility index (Phi) is 2.44. The molecule has 0 fully saturated rings. The minimum Gasteiger partial charge on any atom is -0.267 e. The molecular formula is C13H12N4O. The van der Waals surface area contributed by atoms with Crippen LogP contribution in [0.25, 0.3) is 10.9 Å². The maximum absolute atomic E-state index is 11.8. The van der Waals surface area contributed by atoms with Gasteiger partial charge in [0.05, 0.1) is 29.8 Å². The minimum absolute atomic E-state index is 0.119. The van der Waals surface area contributed by atoms with E-state index in [-0.39, 0.29) is 5.56 Å². The SMILES string of the molecule is Cn1ncc2c(cnn2Cc2ccccc2)c1=O. The lowest BCUT2D eigenvalue weighted by Crippen LogP contribution is -2.18. The monoisotopic (exact) mass is 240 g/mol. The predicted octanol–water partition coefficient (Wildman–Crippen LogP) is 1.18. The molecular weight excluding hydrogens is 228 g/mol. The summed E-state index contributed by atoms with van der Waals surface area (Å²) >= 11 is 0. The Morgan fingerprint density at radius 1 is 1.11 bits per heavy atom. The topological polar surface area (TPSA) is 52.7 Å². The van der Waals surface area contributed by atoms with Gasteiger partial charge in [0.15, 0.2) is 0 Å². The first-order chi connectivity index (χ1) is 8.75. The van der Waals surface area contributed by atoms with Crippen molar-refractivity contribution in [3.63, 3.8) is 0 Å². The van der Waals surface area contributed by atoms with E-state index in [2.05, 4.69) is 10.2 Å². The molecule has 3 rings (SSSR count). The van der Waals surface area contributed by atoms with Gasteiger partial charge in [0.2, 0.25) is 0 Å². The van der Waals surface area contributed by atoms with Crippen LogP contribution in [0.1, 0.15) is 5.56 Å². The molecule has 2 aromatic heterocycles. The second kappa shape index (κ2) is 4.10. The summed E-state index contributed by atoms with van der Waals surface area (Å²) in [4.78, 5) is 11.8. The van der Waals surface area contributed by atoms with Gasteiger partial charge in [-0.15, -0.1) is 0 Å². The lowest BCUT2D eigenvalue weighted by atomic mass is 10.2. The molecule has 0 spiro atoms. The molecule has 0 aliphatic rings. The van der Waals surface area contributed by atoms with E-state index >= 15 is 0 Å². The van der Waals surface area contributed by atoms with Crippen molar-refractivity contribution in [2.24, 2.45) is 7.05 Å². The molecule has 0 atom stereocenters. The Hall–Kier alpha value is -2.43. The van der Waals surface area contributed by atoms with Gasteiger partial charge in [-0.25, -0.2) is 4.68 Å². The Morgan fingerprint density at radius 3 is 2.67 bits per heavy atom. The highest BCUT2D eigenvalue weighted by atomic mass is 16.1. The van der Waals surface area contributed by atoms with E-state index in [1.165, 1.54) is 4.68 Å². The number of nitrogens with zero attached hydrogens (tertiary/aromatic N) is 4. The number of rotatable bonds is 2. The molecule has 0 radical (unpaired) electrons. The van der Waals surface area contributed by atoms with E-state index in [0.717, 1.165) is 11.1 Å². The molecule has 5 nitrogen and oxygen atoms in total. The first-order valence-corrected chi connectivity index (χ1v) is 5.67. The highest BCUT2D eigenvalue weighted by Gasteiger charge is 2.07. The number of aryl methyl sites for hydroxylation is 1. The summed E-state index contributed by atoms with van der Waals surface area (Å²) in [6.45, 7) is 0.638. The van der Waals surface area contributed by atoms with Crippen LogP contribution in [0, 0.1) is 0 Å². The van der Waals surface area contributed by atoms with Crippen LogP contribution < -0.4 is 5.56 Å². The van der Waals surface area contributed by atoms with E-state index in [1.54, 1.807) is 24.1 Å². The Labute approximate surface area is 103 Å². The number of benzene rings is 1. The zero-order valence-electron chi connectivity index (χ0n) is 9.95. The van der Waals surface area contributed by atoms with Crippen LogP contribution in [0.4, 0.5) is 0 Å². The highest BCUT2D eigenvalue weighted by Crippen LogP contribution is 2.10. The lowest BCUT2D eigenvalue weighted by Gasteiger charge is -2.03. The van der Waals surface area contributed by atoms with E-state index in [0.29, 0.717) is 11.9 Å². The Morgan fingerprint density at radius 2 is 1.89 bits per heavy atom. The average molecular weight is 240 g/mol. The fourth-order valence-corrected chi connectivity index (χ4v) is 1.95. The van der Waals surface area contributed by atoms with Crippen LogP contribution in [-0.2, 0) is 13.6 Å². The van der Waals surface area contributed by atoms with Gasteiger partial charge in [0, 0.05) is 7.05 Å². The van der Waals surface area contributed by atoms with Crippen molar-refractivity contribution in [3.8, 4) is 0 Å². The van der Waals surface area contributed by atoms with Gasteiger partial charge in [0.25, 0.3) is 5.56 Å². The largest absolute Gasteiger partial charge is 0.277 e. The summed E-state index contributed by atoms with van der Waals surface area (Å²) in [7, 11) is 1.64. The highest BCUT2D eigenvalue weighted by molar-refractivity contribution is 5.76. The molecule has 1 aromatic carbocycles.